The van der Waals surface area contributed by atoms with E-state index in [4.69, 9.17) is 0 Å². The van der Waals surface area contributed by atoms with Crippen LogP contribution in [0.1, 0.15) is 51.4 Å². The van der Waals surface area contributed by atoms with Gasteiger partial charge in [0.25, 0.3) is 0 Å². The zero-order valence-corrected chi connectivity index (χ0v) is 11.9. The molecule has 0 unspecified atom stereocenters. The Hall–Kier alpha value is -1.88. The molecule has 4 rings (SSSR count). The van der Waals surface area contributed by atoms with Crippen LogP contribution in [-0.4, -0.2) is 39.2 Å². The van der Waals surface area contributed by atoms with E-state index in [0.717, 1.165) is 51.0 Å². The van der Waals surface area contributed by atoms with Gasteiger partial charge in [0.15, 0.2) is 0 Å². The third kappa shape index (κ3) is 1.67. The summed E-state index contributed by atoms with van der Waals surface area (Å²) in [5.41, 5.74) is 3.12. The molecule has 1 N–H and O–H groups in total. The maximum atomic E-state index is 12.8. The second kappa shape index (κ2) is 4.56. The molecule has 110 valence electrons. The number of carbonyl (C=O) groups is 2. The van der Waals surface area contributed by atoms with Crippen molar-refractivity contribution in [2.45, 2.75) is 38.8 Å². The molecule has 3 aliphatic rings. The van der Waals surface area contributed by atoms with Gasteiger partial charge in [-0.3, -0.25) is 9.59 Å². The van der Waals surface area contributed by atoms with Crippen LogP contribution in [0.25, 0.3) is 0 Å². The van der Waals surface area contributed by atoms with Crippen molar-refractivity contribution in [2.24, 2.45) is 0 Å². The van der Waals surface area contributed by atoms with Crippen molar-refractivity contribution < 1.29 is 14.7 Å². The van der Waals surface area contributed by atoms with Crippen molar-refractivity contribution in [1.29, 1.82) is 0 Å². The Balaban J connectivity index is 1.87. The molecule has 5 nitrogen and oxygen atoms in total. The van der Waals surface area contributed by atoms with Crippen LogP contribution in [0.5, 0.6) is 0 Å². The quantitative estimate of drug-likeness (QED) is 0.890. The minimum atomic E-state index is -0.170. The van der Waals surface area contributed by atoms with Crippen LogP contribution >= 0.6 is 0 Å². The monoisotopic (exact) mass is 286 g/mol. The number of hydrogen-bond donors (Lipinski definition) is 1. The predicted octanol–water partition coefficient (Wildman–Crippen LogP) is 1.29. The summed E-state index contributed by atoms with van der Waals surface area (Å²) in [5, 5.41) is 9.69. The number of aliphatic hydroxyl groups is 1. The molecule has 1 aromatic rings. The van der Waals surface area contributed by atoms with Crippen LogP contribution in [0.4, 0.5) is 0 Å². The van der Waals surface area contributed by atoms with E-state index in [-0.39, 0.29) is 18.2 Å². The standard InChI is InChI=1S/C16H18N2O3/c19-9-10-11-4-3-7-18(11)15-13(20)8-12(16(21)14(10)15)17-5-1-2-6-17/h8,19H,1-7,9H2. The highest BCUT2D eigenvalue weighted by Crippen LogP contribution is 2.35. The lowest BCUT2D eigenvalue weighted by atomic mass is 9.93. The highest BCUT2D eigenvalue weighted by atomic mass is 16.3. The molecule has 1 aliphatic carbocycles. The van der Waals surface area contributed by atoms with Gasteiger partial charge in [-0.15, -0.1) is 0 Å². The van der Waals surface area contributed by atoms with E-state index >= 15 is 0 Å². The number of aromatic nitrogens is 1. The summed E-state index contributed by atoms with van der Waals surface area (Å²) in [7, 11) is 0. The number of nitrogens with zero attached hydrogens (tertiary/aromatic N) is 2. The van der Waals surface area contributed by atoms with Crippen molar-refractivity contribution in [2.75, 3.05) is 13.1 Å². The van der Waals surface area contributed by atoms with Gasteiger partial charge in [-0.1, -0.05) is 0 Å². The lowest BCUT2D eigenvalue weighted by Gasteiger charge is -2.23. The number of fused-ring (bicyclic) bond motifs is 3. The Morgan fingerprint density at radius 3 is 2.57 bits per heavy atom. The van der Waals surface area contributed by atoms with Crippen molar-refractivity contribution in [3.63, 3.8) is 0 Å². The van der Waals surface area contributed by atoms with E-state index in [0.29, 0.717) is 22.5 Å². The number of likely N-dealkylation sites (tertiary alicyclic amines) is 1. The molecule has 0 spiro atoms. The first-order chi connectivity index (χ1) is 10.2. The molecule has 0 bridgehead atoms. The smallest absolute Gasteiger partial charge is 0.211 e. The molecule has 0 atom stereocenters. The maximum absolute atomic E-state index is 12.8. The van der Waals surface area contributed by atoms with Gasteiger partial charge in [0.05, 0.1) is 17.9 Å². The molecule has 2 aliphatic heterocycles. The third-order valence-electron chi connectivity index (χ3n) is 4.84. The third-order valence-corrected chi connectivity index (χ3v) is 4.84. The number of carbonyl (C=O) groups excluding carboxylic acids is 2. The number of hydrogen-bond acceptors (Lipinski definition) is 4. The predicted molar refractivity (Wildman–Crippen MR) is 76.2 cm³/mol. The molecule has 3 heterocycles. The molecule has 21 heavy (non-hydrogen) atoms. The largest absolute Gasteiger partial charge is 0.392 e. The molecule has 1 saturated heterocycles. The van der Waals surface area contributed by atoms with Crippen LogP contribution in [-0.2, 0) is 19.6 Å². The highest BCUT2D eigenvalue weighted by molar-refractivity contribution is 6.24. The van der Waals surface area contributed by atoms with Crippen LogP contribution < -0.4 is 0 Å². The SMILES string of the molecule is O=C1C(N2CCCC2)=CC(=O)c2c1c(CO)c1n2CCC1. The average molecular weight is 286 g/mol. The Bertz CT molecular complexity index is 678. The zero-order valence-electron chi connectivity index (χ0n) is 11.9. The molecule has 0 aromatic carbocycles. The molecule has 5 heteroatoms. The van der Waals surface area contributed by atoms with Crippen LogP contribution in [0.3, 0.4) is 0 Å². The number of ketones is 2. The highest BCUT2D eigenvalue weighted by Gasteiger charge is 2.38. The Kier molecular flexibility index (Phi) is 2.79. The Labute approximate surface area is 122 Å². The minimum Gasteiger partial charge on any atom is -0.392 e. The van der Waals surface area contributed by atoms with Crippen LogP contribution in [0.15, 0.2) is 11.8 Å². The van der Waals surface area contributed by atoms with Crippen LogP contribution in [0, 0.1) is 0 Å². The summed E-state index contributed by atoms with van der Waals surface area (Å²) in [4.78, 5) is 27.4. The minimum absolute atomic E-state index is 0.0857. The lowest BCUT2D eigenvalue weighted by Crippen LogP contribution is -2.30. The number of allylic oxidation sites excluding steroid dienone is 2. The molecule has 0 saturated carbocycles. The van der Waals surface area contributed by atoms with Crippen molar-refractivity contribution >= 4 is 11.6 Å². The maximum Gasteiger partial charge on any atom is 0.211 e. The molecule has 0 radical (unpaired) electrons. The van der Waals surface area contributed by atoms with Crippen molar-refractivity contribution in [3.8, 4) is 0 Å². The Morgan fingerprint density at radius 2 is 1.86 bits per heavy atom. The van der Waals surface area contributed by atoms with E-state index in [1.54, 1.807) is 0 Å². The van der Waals surface area contributed by atoms with E-state index < -0.39 is 0 Å². The summed E-state index contributed by atoms with van der Waals surface area (Å²) < 4.78 is 1.94. The summed E-state index contributed by atoms with van der Waals surface area (Å²) in [5.74, 6) is -0.174. The normalized spacial score (nSPS) is 20.8. The molecular weight excluding hydrogens is 268 g/mol. The van der Waals surface area contributed by atoms with Gasteiger partial charge in [0.2, 0.25) is 11.6 Å². The first-order valence-electron chi connectivity index (χ1n) is 7.63. The lowest BCUT2D eigenvalue weighted by molar-refractivity contribution is 0.0950. The first-order valence-corrected chi connectivity index (χ1v) is 7.63. The van der Waals surface area contributed by atoms with Crippen LogP contribution in [0.2, 0.25) is 0 Å². The summed E-state index contributed by atoms with van der Waals surface area (Å²) in [6, 6.07) is 0. The second-order valence-corrected chi connectivity index (χ2v) is 5.98. The van der Waals surface area contributed by atoms with Gasteiger partial charge in [0, 0.05) is 37.0 Å². The van der Waals surface area contributed by atoms with Crippen molar-refractivity contribution in [3.05, 3.63) is 34.3 Å². The summed E-state index contributed by atoms with van der Waals surface area (Å²) in [6.07, 6.45) is 5.43. The zero-order chi connectivity index (χ0) is 14.6. The summed E-state index contributed by atoms with van der Waals surface area (Å²) in [6.45, 7) is 2.27. The van der Waals surface area contributed by atoms with E-state index in [2.05, 4.69) is 0 Å². The second-order valence-electron chi connectivity index (χ2n) is 5.98. The van der Waals surface area contributed by atoms with E-state index in [9.17, 15) is 14.7 Å². The van der Waals surface area contributed by atoms with Gasteiger partial charge in [-0.2, -0.15) is 0 Å². The van der Waals surface area contributed by atoms with Crippen molar-refractivity contribution in [1.82, 2.24) is 9.47 Å². The fourth-order valence-corrected chi connectivity index (χ4v) is 3.91. The van der Waals surface area contributed by atoms with Gasteiger partial charge in [-0.05, 0) is 25.7 Å². The number of Topliss-reactive ketones (excluding diaryl/α,β-unsaturated/α-hetero) is 1. The fraction of sp³-hybridized carbons (Fsp3) is 0.500. The molecule has 1 fully saturated rings. The Morgan fingerprint density at radius 1 is 1.10 bits per heavy atom. The number of rotatable bonds is 2. The van der Waals surface area contributed by atoms with Gasteiger partial charge < -0.3 is 14.6 Å². The van der Waals surface area contributed by atoms with Gasteiger partial charge >= 0.3 is 0 Å². The van der Waals surface area contributed by atoms with E-state index in [1.807, 2.05) is 9.47 Å². The molecule has 1 aromatic heterocycles. The topological polar surface area (TPSA) is 62.5 Å². The van der Waals surface area contributed by atoms with E-state index in [1.165, 1.54) is 6.08 Å². The summed E-state index contributed by atoms with van der Waals surface area (Å²) >= 11 is 0. The molecule has 0 amide bonds. The fourth-order valence-electron chi connectivity index (χ4n) is 3.91. The first kappa shape index (κ1) is 12.8. The number of aliphatic hydroxyl groups excluding tert-OH is 1. The average Bonchev–Trinajstić information content (AvgIpc) is 3.17. The van der Waals surface area contributed by atoms with Gasteiger partial charge in [-0.25, -0.2) is 0 Å². The van der Waals surface area contributed by atoms with Gasteiger partial charge in [0.1, 0.15) is 5.69 Å². The molecular formula is C16H18N2O3.